The minimum Gasteiger partial charge on any atom is -0.350 e. The number of amides is 1. The molecule has 0 atom stereocenters. The van der Waals surface area contributed by atoms with Crippen LogP contribution in [-0.4, -0.2) is 17.1 Å². The molecule has 0 aliphatic heterocycles. The molecule has 0 aliphatic carbocycles. The molecule has 0 bridgehead atoms. The van der Waals surface area contributed by atoms with Crippen molar-refractivity contribution in [2.75, 3.05) is 11.6 Å². The van der Waals surface area contributed by atoms with Crippen molar-refractivity contribution in [3.05, 3.63) is 59.3 Å². The van der Waals surface area contributed by atoms with Crippen molar-refractivity contribution in [2.24, 2.45) is 0 Å². The maximum atomic E-state index is 12.5. The fraction of sp³-hybridized carbons (Fsp3) is 0.167. The number of aryl methyl sites for hydroxylation is 2. The van der Waals surface area contributed by atoms with E-state index >= 15 is 0 Å². The number of carbonyl (C=O) groups is 1. The third-order valence-electron chi connectivity index (χ3n) is 3.77. The molecule has 3 aromatic rings. The van der Waals surface area contributed by atoms with E-state index in [1.54, 1.807) is 11.8 Å². The molecule has 0 radical (unpaired) electrons. The van der Waals surface area contributed by atoms with Crippen molar-refractivity contribution in [1.82, 2.24) is 4.98 Å². The Morgan fingerprint density at radius 1 is 1.14 bits per heavy atom. The topological polar surface area (TPSA) is 44.9 Å². The summed E-state index contributed by atoms with van der Waals surface area (Å²) in [7, 11) is 0. The summed E-state index contributed by atoms with van der Waals surface area (Å²) in [4.78, 5) is 16.9. The van der Waals surface area contributed by atoms with Crippen LogP contribution in [0.25, 0.3) is 10.9 Å². The van der Waals surface area contributed by atoms with Gasteiger partial charge in [-0.1, -0.05) is 17.7 Å². The summed E-state index contributed by atoms with van der Waals surface area (Å²) in [6.45, 7) is 4.03. The predicted octanol–water partition coefficient (Wildman–Crippen LogP) is 4.76. The van der Waals surface area contributed by atoms with Crippen LogP contribution in [-0.2, 0) is 0 Å². The Morgan fingerprint density at radius 2 is 1.95 bits per heavy atom. The van der Waals surface area contributed by atoms with Crippen LogP contribution in [0.1, 0.15) is 21.6 Å². The van der Waals surface area contributed by atoms with E-state index in [-0.39, 0.29) is 5.91 Å². The van der Waals surface area contributed by atoms with Crippen molar-refractivity contribution in [3.8, 4) is 0 Å². The summed E-state index contributed by atoms with van der Waals surface area (Å²) < 4.78 is 0. The Kier molecular flexibility index (Phi) is 3.94. The minimum atomic E-state index is -0.107. The van der Waals surface area contributed by atoms with Gasteiger partial charge in [0.1, 0.15) is 5.69 Å². The molecule has 0 unspecified atom stereocenters. The molecule has 3 nitrogen and oxygen atoms in total. The Labute approximate surface area is 134 Å². The lowest BCUT2D eigenvalue weighted by Crippen LogP contribution is -2.13. The number of hydrogen-bond donors (Lipinski definition) is 2. The minimum absolute atomic E-state index is 0.107. The smallest absolute Gasteiger partial charge is 0.272 e. The van der Waals surface area contributed by atoms with Gasteiger partial charge in [0.05, 0.1) is 0 Å². The van der Waals surface area contributed by atoms with E-state index in [0.717, 1.165) is 27.0 Å². The summed E-state index contributed by atoms with van der Waals surface area (Å²) in [5.41, 5.74) is 4.60. The van der Waals surface area contributed by atoms with Crippen LogP contribution in [0.2, 0.25) is 0 Å². The standard InChI is InChI=1S/C18H18N2OS/c1-11-7-8-16-15(9-11)12(2)17(20-16)18(21)19-13-5-4-6-14(10-13)22-3/h4-10,20H,1-3H3,(H,19,21). The molecule has 2 aromatic carbocycles. The Morgan fingerprint density at radius 3 is 2.73 bits per heavy atom. The van der Waals surface area contributed by atoms with Crippen molar-refractivity contribution in [1.29, 1.82) is 0 Å². The number of thioether (sulfide) groups is 1. The van der Waals surface area contributed by atoms with Gasteiger partial charge in [0, 0.05) is 21.5 Å². The molecule has 1 aromatic heterocycles. The molecule has 3 rings (SSSR count). The van der Waals surface area contributed by atoms with Crippen LogP contribution >= 0.6 is 11.8 Å². The summed E-state index contributed by atoms with van der Waals surface area (Å²) in [5, 5.41) is 4.07. The highest BCUT2D eigenvalue weighted by Crippen LogP contribution is 2.24. The van der Waals surface area contributed by atoms with Gasteiger partial charge in [0.25, 0.3) is 5.91 Å². The van der Waals surface area contributed by atoms with E-state index in [1.165, 1.54) is 5.56 Å². The molecule has 1 amide bonds. The molecule has 0 aliphatic rings. The second-order valence-corrected chi connectivity index (χ2v) is 6.24. The molecule has 0 spiro atoms. The largest absolute Gasteiger partial charge is 0.350 e. The number of H-pyrrole nitrogens is 1. The monoisotopic (exact) mass is 310 g/mol. The maximum absolute atomic E-state index is 12.5. The fourth-order valence-corrected chi connectivity index (χ4v) is 3.02. The quantitative estimate of drug-likeness (QED) is 0.685. The molecule has 22 heavy (non-hydrogen) atoms. The number of anilines is 1. The van der Waals surface area contributed by atoms with Gasteiger partial charge in [-0.05, 0) is 56.0 Å². The van der Waals surface area contributed by atoms with Gasteiger partial charge in [-0.25, -0.2) is 0 Å². The van der Waals surface area contributed by atoms with E-state index in [1.807, 2.05) is 49.6 Å². The lowest BCUT2D eigenvalue weighted by Gasteiger charge is -2.06. The van der Waals surface area contributed by atoms with Crippen molar-refractivity contribution >= 4 is 34.3 Å². The summed E-state index contributed by atoms with van der Waals surface area (Å²) in [5.74, 6) is -0.107. The number of fused-ring (bicyclic) bond motifs is 1. The van der Waals surface area contributed by atoms with Gasteiger partial charge < -0.3 is 10.3 Å². The SMILES string of the molecule is CSc1cccc(NC(=O)c2[nH]c3ccc(C)cc3c2C)c1. The van der Waals surface area contributed by atoms with Crippen LogP contribution in [0, 0.1) is 13.8 Å². The van der Waals surface area contributed by atoms with Gasteiger partial charge in [0.15, 0.2) is 0 Å². The fourth-order valence-electron chi connectivity index (χ4n) is 2.56. The highest BCUT2D eigenvalue weighted by atomic mass is 32.2. The zero-order valence-corrected chi connectivity index (χ0v) is 13.7. The highest BCUT2D eigenvalue weighted by Gasteiger charge is 2.15. The molecule has 0 saturated carbocycles. The zero-order chi connectivity index (χ0) is 15.7. The van der Waals surface area contributed by atoms with Gasteiger partial charge in [0.2, 0.25) is 0 Å². The predicted molar refractivity (Wildman–Crippen MR) is 93.9 cm³/mol. The maximum Gasteiger partial charge on any atom is 0.272 e. The van der Waals surface area contributed by atoms with E-state index in [4.69, 9.17) is 0 Å². The molecule has 1 heterocycles. The van der Waals surface area contributed by atoms with Crippen LogP contribution < -0.4 is 5.32 Å². The average Bonchev–Trinajstić information content (AvgIpc) is 2.84. The van der Waals surface area contributed by atoms with E-state index in [9.17, 15) is 4.79 Å². The number of hydrogen-bond acceptors (Lipinski definition) is 2. The van der Waals surface area contributed by atoms with Gasteiger partial charge in [-0.15, -0.1) is 11.8 Å². The van der Waals surface area contributed by atoms with Gasteiger partial charge >= 0.3 is 0 Å². The number of carbonyl (C=O) groups excluding carboxylic acids is 1. The van der Waals surface area contributed by atoms with Crippen LogP contribution in [0.5, 0.6) is 0 Å². The molecule has 112 valence electrons. The second-order valence-electron chi connectivity index (χ2n) is 5.36. The van der Waals surface area contributed by atoms with Gasteiger partial charge in [-0.2, -0.15) is 0 Å². The van der Waals surface area contributed by atoms with Crippen molar-refractivity contribution < 1.29 is 4.79 Å². The molecule has 0 fully saturated rings. The Hall–Kier alpha value is -2.20. The molecule has 2 N–H and O–H groups in total. The highest BCUT2D eigenvalue weighted by molar-refractivity contribution is 7.98. The van der Waals surface area contributed by atoms with Crippen LogP contribution in [0.3, 0.4) is 0 Å². The van der Waals surface area contributed by atoms with Crippen LogP contribution in [0.4, 0.5) is 5.69 Å². The van der Waals surface area contributed by atoms with Crippen molar-refractivity contribution in [2.45, 2.75) is 18.7 Å². The number of aromatic nitrogens is 1. The van der Waals surface area contributed by atoms with E-state index < -0.39 is 0 Å². The van der Waals surface area contributed by atoms with E-state index in [2.05, 4.69) is 23.3 Å². The first kappa shape index (κ1) is 14.7. The second kappa shape index (κ2) is 5.89. The lowest BCUT2D eigenvalue weighted by molar-refractivity contribution is 0.102. The van der Waals surface area contributed by atoms with E-state index in [0.29, 0.717) is 5.69 Å². The average molecular weight is 310 g/mol. The zero-order valence-electron chi connectivity index (χ0n) is 12.9. The first-order valence-corrected chi connectivity index (χ1v) is 8.35. The van der Waals surface area contributed by atoms with Gasteiger partial charge in [-0.3, -0.25) is 4.79 Å². The third kappa shape index (κ3) is 2.74. The van der Waals surface area contributed by atoms with Crippen LogP contribution in [0.15, 0.2) is 47.4 Å². The summed E-state index contributed by atoms with van der Waals surface area (Å²) in [6, 6.07) is 14.0. The number of benzene rings is 2. The first-order valence-electron chi connectivity index (χ1n) is 7.13. The Balaban J connectivity index is 1.93. The number of rotatable bonds is 3. The molecule has 0 saturated heterocycles. The molecule has 4 heteroatoms. The third-order valence-corrected chi connectivity index (χ3v) is 4.49. The molecular weight excluding hydrogens is 292 g/mol. The lowest BCUT2D eigenvalue weighted by atomic mass is 10.1. The molecular formula is C18H18N2OS. The number of nitrogens with one attached hydrogen (secondary N) is 2. The summed E-state index contributed by atoms with van der Waals surface area (Å²) >= 11 is 1.66. The Bertz CT molecular complexity index is 851. The summed E-state index contributed by atoms with van der Waals surface area (Å²) in [6.07, 6.45) is 2.02. The van der Waals surface area contributed by atoms with Crippen molar-refractivity contribution in [3.63, 3.8) is 0 Å². The first-order chi connectivity index (χ1) is 10.6. The normalized spacial score (nSPS) is 10.9. The number of aromatic amines is 1.